The fourth-order valence-electron chi connectivity index (χ4n) is 4.22. The summed E-state index contributed by atoms with van der Waals surface area (Å²) in [6.45, 7) is 0.254. The van der Waals surface area contributed by atoms with Crippen LogP contribution in [0.4, 0.5) is 17.2 Å². The number of carbonyl (C=O) groups excluding carboxylic acids is 3. The number of ether oxygens (including phenoxy) is 1. The Kier molecular flexibility index (Phi) is 8.54. The third kappa shape index (κ3) is 6.57. The second kappa shape index (κ2) is 12.6. The van der Waals surface area contributed by atoms with Crippen molar-refractivity contribution < 1.29 is 19.1 Å². The van der Waals surface area contributed by atoms with E-state index in [9.17, 15) is 14.4 Å². The first-order chi connectivity index (χ1) is 20.8. The first-order valence-electron chi connectivity index (χ1n) is 13.2. The fourth-order valence-corrected chi connectivity index (χ4v) is 4.99. The summed E-state index contributed by atoms with van der Waals surface area (Å²) < 4.78 is 5.76. The van der Waals surface area contributed by atoms with Crippen molar-refractivity contribution >= 4 is 46.3 Å². The highest BCUT2D eigenvalue weighted by Crippen LogP contribution is 2.38. The Morgan fingerprint density at radius 2 is 1.93 bits per heavy atom. The van der Waals surface area contributed by atoms with Gasteiger partial charge in [0, 0.05) is 43.4 Å². The van der Waals surface area contributed by atoms with Gasteiger partial charge in [-0.1, -0.05) is 18.2 Å². The summed E-state index contributed by atoms with van der Waals surface area (Å²) >= 11 is 1.24. The number of pyridine rings is 1. The molecule has 3 N–H and O–H groups in total. The average Bonchev–Trinajstić information content (AvgIpc) is 3.79. The maximum atomic E-state index is 13.0. The average molecular weight is 598 g/mol. The summed E-state index contributed by atoms with van der Waals surface area (Å²) in [6, 6.07) is 12.4. The van der Waals surface area contributed by atoms with Gasteiger partial charge in [-0.15, -0.1) is 21.5 Å². The number of amides is 3. The van der Waals surface area contributed by atoms with Gasteiger partial charge in [0.05, 0.1) is 31.2 Å². The number of thiazole rings is 1. The van der Waals surface area contributed by atoms with Gasteiger partial charge in [0.15, 0.2) is 11.5 Å². The molecule has 1 aromatic carbocycles. The predicted molar refractivity (Wildman–Crippen MR) is 159 cm³/mol. The number of rotatable bonds is 10. The Labute approximate surface area is 250 Å². The maximum absolute atomic E-state index is 13.0. The molecule has 218 valence electrons. The molecular formula is C29H27N9O4S. The van der Waals surface area contributed by atoms with Crippen molar-refractivity contribution in [3.63, 3.8) is 0 Å². The van der Waals surface area contributed by atoms with Gasteiger partial charge in [-0.3, -0.25) is 19.4 Å². The van der Waals surface area contributed by atoms with E-state index in [2.05, 4.69) is 36.1 Å². The Morgan fingerprint density at radius 1 is 1.12 bits per heavy atom. The van der Waals surface area contributed by atoms with Crippen molar-refractivity contribution in [3.05, 3.63) is 70.1 Å². The third-order valence-corrected chi connectivity index (χ3v) is 7.49. The molecule has 0 saturated heterocycles. The van der Waals surface area contributed by atoms with E-state index in [0.29, 0.717) is 38.1 Å². The molecule has 0 aliphatic heterocycles. The highest BCUT2D eigenvalue weighted by molar-refractivity contribution is 7.12. The Hall–Kier alpha value is -5.42. The monoisotopic (exact) mass is 597 g/mol. The third-order valence-electron chi connectivity index (χ3n) is 6.60. The fraction of sp³-hybridized carbons (Fsp3) is 0.241. The van der Waals surface area contributed by atoms with E-state index < -0.39 is 5.91 Å². The number of anilines is 3. The standard InChI is InChI=1S/C29H27N9O4S/c1-31-28(40)25-22(11-23(36-37-25)35-27(39)16-7-8-16)34-20-6-4-5-19(26(20)42-3)17-9-10-21(32-13-17)29(41)38(2)15-24-33-14-18(12-30)43-24/h4-6,9-11,13-14,16H,7-8,15H2,1-3H3,(H,31,40)(H2,34,35,36,39). The second-order valence-corrected chi connectivity index (χ2v) is 10.8. The molecule has 0 unspecified atom stereocenters. The molecule has 0 spiro atoms. The summed E-state index contributed by atoms with van der Waals surface area (Å²) in [4.78, 5) is 48.3. The largest absolute Gasteiger partial charge is 0.494 e. The van der Waals surface area contributed by atoms with E-state index in [0.717, 1.165) is 12.8 Å². The molecular weight excluding hydrogens is 570 g/mol. The van der Waals surface area contributed by atoms with Crippen molar-refractivity contribution in [3.8, 4) is 22.9 Å². The van der Waals surface area contributed by atoms with Gasteiger partial charge >= 0.3 is 0 Å². The van der Waals surface area contributed by atoms with E-state index >= 15 is 0 Å². The SMILES string of the molecule is CNC(=O)c1nnc(NC(=O)C2CC2)cc1Nc1cccc(-c2ccc(C(=O)N(C)Cc3ncc(C#N)s3)nc2)c1OC. The molecule has 5 rings (SSSR count). The van der Waals surface area contributed by atoms with Gasteiger partial charge in [-0.05, 0) is 25.0 Å². The lowest BCUT2D eigenvalue weighted by Crippen LogP contribution is -2.26. The summed E-state index contributed by atoms with van der Waals surface area (Å²) in [5, 5.41) is 26.2. The van der Waals surface area contributed by atoms with Crippen LogP contribution in [0, 0.1) is 17.2 Å². The van der Waals surface area contributed by atoms with Crippen LogP contribution in [-0.4, -0.2) is 64.0 Å². The first-order valence-corrected chi connectivity index (χ1v) is 14.0. The Morgan fingerprint density at radius 3 is 2.58 bits per heavy atom. The number of benzene rings is 1. The number of hydrogen-bond donors (Lipinski definition) is 3. The summed E-state index contributed by atoms with van der Waals surface area (Å²) in [5.41, 5.74) is 2.50. The van der Waals surface area contributed by atoms with Gasteiger partial charge in [0.1, 0.15) is 27.4 Å². The lowest BCUT2D eigenvalue weighted by molar-refractivity contribution is -0.117. The van der Waals surface area contributed by atoms with E-state index in [1.54, 1.807) is 43.6 Å². The topological polar surface area (TPSA) is 175 Å². The quantitative estimate of drug-likeness (QED) is 0.245. The van der Waals surface area contributed by atoms with Crippen LogP contribution >= 0.6 is 11.3 Å². The molecule has 13 nitrogen and oxygen atoms in total. The number of carbonyl (C=O) groups is 3. The van der Waals surface area contributed by atoms with E-state index in [1.807, 2.05) is 12.1 Å². The zero-order valence-electron chi connectivity index (χ0n) is 23.5. The summed E-state index contributed by atoms with van der Waals surface area (Å²) in [7, 11) is 4.65. The van der Waals surface area contributed by atoms with Crippen LogP contribution < -0.4 is 20.7 Å². The molecule has 14 heteroatoms. The number of hydrogen-bond acceptors (Lipinski definition) is 11. The lowest BCUT2D eigenvalue weighted by Gasteiger charge is -2.17. The molecule has 4 aromatic rings. The number of aromatic nitrogens is 4. The van der Waals surface area contributed by atoms with Crippen molar-refractivity contribution in [2.24, 2.45) is 5.92 Å². The molecule has 1 aliphatic rings. The minimum absolute atomic E-state index is 0.0278. The minimum Gasteiger partial charge on any atom is -0.494 e. The molecule has 3 aromatic heterocycles. The highest BCUT2D eigenvalue weighted by atomic mass is 32.1. The lowest BCUT2D eigenvalue weighted by atomic mass is 10.0. The van der Waals surface area contributed by atoms with Gasteiger partial charge < -0.3 is 25.6 Å². The number of para-hydroxylation sites is 1. The van der Waals surface area contributed by atoms with Gasteiger partial charge in [0.25, 0.3) is 11.8 Å². The Bertz CT molecular complexity index is 1730. The minimum atomic E-state index is -0.458. The summed E-state index contributed by atoms with van der Waals surface area (Å²) in [5.74, 6) is -0.235. The molecule has 0 radical (unpaired) electrons. The first kappa shape index (κ1) is 29.1. The molecule has 43 heavy (non-hydrogen) atoms. The van der Waals surface area contributed by atoms with E-state index in [1.165, 1.54) is 36.6 Å². The molecule has 3 amide bonds. The molecule has 0 bridgehead atoms. The van der Waals surface area contributed by atoms with Crippen LogP contribution in [0.5, 0.6) is 5.75 Å². The van der Waals surface area contributed by atoms with Crippen molar-refractivity contribution in [2.75, 3.05) is 31.8 Å². The number of nitrogens with one attached hydrogen (secondary N) is 3. The predicted octanol–water partition coefficient (Wildman–Crippen LogP) is 3.60. The highest BCUT2D eigenvalue weighted by Gasteiger charge is 2.30. The van der Waals surface area contributed by atoms with Gasteiger partial charge in [-0.2, -0.15) is 5.26 Å². The number of methoxy groups -OCH3 is 1. The number of nitriles is 1. The van der Waals surface area contributed by atoms with Crippen LogP contribution in [0.15, 0.2) is 48.8 Å². The van der Waals surface area contributed by atoms with Crippen LogP contribution in [0.25, 0.3) is 11.1 Å². The van der Waals surface area contributed by atoms with Gasteiger partial charge in [-0.25, -0.2) is 4.98 Å². The van der Waals surface area contributed by atoms with Crippen LogP contribution in [0.3, 0.4) is 0 Å². The molecule has 1 fully saturated rings. The number of nitrogens with zero attached hydrogens (tertiary/aromatic N) is 6. The van der Waals surface area contributed by atoms with Gasteiger partial charge in [0.2, 0.25) is 5.91 Å². The summed E-state index contributed by atoms with van der Waals surface area (Å²) in [6.07, 6.45) is 4.73. The molecule has 3 heterocycles. The van der Waals surface area contributed by atoms with Crippen LogP contribution in [0.2, 0.25) is 0 Å². The Balaban J connectivity index is 1.38. The van der Waals surface area contributed by atoms with Crippen LogP contribution in [-0.2, 0) is 11.3 Å². The van der Waals surface area contributed by atoms with Crippen molar-refractivity contribution in [1.82, 2.24) is 30.4 Å². The zero-order valence-corrected chi connectivity index (χ0v) is 24.4. The van der Waals surface area contributed by atoms with E-state index in [-0.39, 0.29) is 41.5 Å². The van der Waals surface area contributed by atoms with Crippen molar-refractivity contribution in [1.29, 1.82) is 5.26 Å². The van der Waals surface area contributed by atoms with Crippen molar-refractivity contribution in [2.45, 2.75) is 19.4 Å². The smallest absolute Gasteiger partial charge is 0.273 e. The molecule has 0 atom stereocenters. The normalized spacial score (nSPS) is 12.1. The second-order valence-electron chi connectivity index (χ2n) is 9.67. The molecule has 1 aliphatic carbocycles. The van der Waals surface area contributed by atoms with E-state index in [4.69, 9.17) is 10.00 Å². The zero-order chi connectivity index (χ0) is 30.5. The molecule has 1 saturated carbocycles. The van der Waals surface area contributed by atoms with Crippen LogP contribution in [0.1, 0.15) is 43.7 Å². The maximum Gasteiger partial charge on any atom is 0.273 e.